The molecule has 0 spiro atoms. The summed E-state index contributed by atoms with van der Waals surface area (Å²) in [5, 5.41) is 2.26. The van der Waals surface area contributed by atoms with Crippen molar-refractivity contribution in [3.05, 3.63) is 95.6 Å². The maximum atomic E-state index is 13.7. The number of hydrogen-bond donors (Lipinski definition) is 1. The van der Waals surface area contributed by atoms with E-state index in [9.17, 15) is 13.6 Å². The van der Waals surface area contributed by atoms with Gasteiger partial charge in [0.05, 0.1) is 5.56 Å². The van der Waals surface area contributed by atoms with Gasteiger partial charge in [-0.2, -0.15) is 0 Å². The van der Waals surface area contributed by atoms with Crippen LogP contribution >= 0.6 is 0 Å². The number of rotatable bonds is 5. The van der Waals surface area contributed by atoms with Gasteiger partial charge in [0.25, 0.3) is 5.91 Å². The topological polar surface area (TPSA) is 38.3 Å². The molecule has 3 aromatic rings. The van der Waals surface area contributed by atoms with E-state index >= 15 is 0 Å². The van der Waals surface area contributed by atoms with Crippen molar-refractivity contribution >= 4 is 11.6 Å². The largest absolute Gasteiger partial charge is 0.488 e. The third kappa shape index (κ3) is 4.01. The van der Waals surface area contributed by atoms with Crippen LogP contribution in [0.3, 0.4) is 0 Å². The molecule has 0 heterocycles. The SMILES string of the molecule is O=C(Nc1c(F)cccc1F)c1ccccc1OCc1ccccc1. The number of carbonyl (C=O) groups excluding carboxylic acids is 1. The van der Waals surface area contributed by atoms with Crippen molar-refractivity contribution in [2.75, 3.05) is 5.32 Å². The van der Waals surface area contributed by atoms with Crippen molar-refractivity contribution < 1.29 is 18.3 Å². The van der Waals surface area contributed by atoms with Crippen LogP contribution in [0.5, 0.6) is 5.75 Å². The van der Waals surface area contributed by atoms with Crippen LogP contribution in [0.25, 0.3) is 0 Å². The molecule has 0 saturated heterocycles. The molecule has 1 N–H and O–H groups in total. The monoisotopic (exact) mass is 339 g/mol. The van der Waals surface area contributed by atoms with Gasteiger partial charge < -0.3 is 10.1 Å². The summed E-state index contributed by atoms with van der Waals surface area (Å²) in [5.41, 5.74) is 0.657. The minimum absolute atomic E-state index is 0.195. The van der Waals surface area contributed by atoms with E-state index in [0.717, 1.165) is 17.7 Å². The van der Waals surface area contributed by atoms with Crippen molar-refractivity contribution in [1.82, 2.24) is 0 Å². The molecule has 25 heavy (non-hydrogen) atoms. The van der Waals surface area contributed by atoms with E-state index in [4.69, 9.17) is 4.74 Å². The van der Waals surface area contributed by atoms with Crippen LogP contribution in [-0.2, 0) is 6.61 Å². The highest BCUT2D eigenvalue weighted by atomic mass is 19.1. The maximum absolute atomic E-state index is 13.7. The first kappa shape index (κ1) is 16.6. The van der Waals surface area contributed by atoms with Gasteiger partial charge in [-0.05, 0) is 29.8 Å². The lowest BCUT2D eigenvalue weighted by molar-refractivity contribution is 0.102. The van der Waals surface area contributed by atoms with Crippen LogP contribution in [-0.4, -0.2) is 5.91 Å². The number of carbonyl (C=O) groups is 1. The molecule has 1 amide bonds. The molecule has 0 aliphatic carbocycles. The van der Waals surface area contributed by atoms with Gasteiger partial charge in [-0.25, -0.2) is 8.78 Å². The smallest absolute Gasteiger partial charge is 0.259 e. The van der Waals surface area contributed by atoms with Crippen LogP contribution < -0.4 is 10.1 Å². The Balaban J connectivity index is 1.79. The van der Waals surface area contributed by atoms with Gasteiger partial charge in [0.2, 0.25) is 0 Å². The zero-order valence-corrected chi connectivity index (χ0v) is 13.2. The van der Waals surface area contributed by atoms with Crippen molar-refractivity contribution in [3.8, 4) is 5.75 Å². The van der Waals surface area contributed by atoms with E-state index in [0.29, 0.717) is 5.75 Å². The number of para-hydroxylation sites is 2. The molecule has 3 aromatic carbocycles. The number of ether oxygens (including phenoxy) is 1. The van der Waals surface area contributed by atoms with Crippen molar-refractivity contribution in [2.45, 2.75) is 6.61 Å². The zero-order valence-electron chi connectivity index (χ0n) is 13.2. The first-order valence-electron chi connectivity index (χ1n) is 7.66. The fraction of sp³-hybridized carbons (Fsp3) is 0.0500. The van der Waals surface area contributed by atoms with Crippen LogP contribution in [0, 0.1) is 11.6 Å². The molecule has 0 aliphatic heterocycles. The Morgan fingerprint density at radius 1 is 0.840 bits per heavy atom. The average molecular weight is 339 g/mol. The molecule has 3 nitrogen and oxygen atoms in total. The highest BCUT2D eigenvalue weighted by Gasteiger charge is 2.16. The van der Waals surface area contributed by atoms with Gasteiger partial charge in [-0.15, -0.1) is 0 Å². The van der Waals surface area contributed by atoms with Gasteiger partial charge in [-0.3, -0.25) is 4.79 Å². The second-order valence-corrected chi connectivity index (χ2v) is 5.32. The number of benzene rings is 3. The van der Waals surface area contributed by atoms with Gasteiger partial charge >= 0.3 is 0 Å². The molecule has 0 fully saturated rings. The highest BCUT2D eigenvalue weighted by molar-refractivity contribution is 6.06. The normalized spacial score (nSPS) is 10.3. The summed E-state index contributed by atoms with van der Waals surface area (Å²) in [4.78, 5) is 12.4. The Labute approximate surface area is 143 Å². The molecule has 0 radical (unpaired) electrons. The molecular formula is C20H15F2NO2. The Kier molecular flexibility index (Phi) is 5.04. The molecule has 0 aliphatic rings. The third-order valence-corrected chi connectivity index (χ3v) is 3.57. The lowest BCUT2D eigenvalue weighted by atomic mass is 10.1. The van der Waals surface area contributed by atoms with Crippen LogP contribution in [0.4, 0.5) is 14.5 Å². The summed E-state index contributed by atoms with van der Waals surface area (Å²) < 4.78 is 33.1. The second-order valence-electron chi connectivity index (χ2n) is 5.32. The second kappa shape index (κ2) is 7.57. The lowest BCUT2D eigenvalue weighted by Crippen LogP contribution is -2.15. The minimum atomic E-state index is -0.837. The van der Waals surface area contributed by atoms with Crippen LogP contribution in [0.1, 0.15) is 15.9 Å². The Morgan fingerprint density at radius 3 is 2.20 bits per heavy atom. The van der Waals surface area contributed by atoms with E-state index in [2.05, 4.69) is 5.32 Å². The number of halogens is 2. The maximum Gasteiger partial charge on any atom is 0.259 e. The van der Waals surface area contributed by atoms with E-state index in [1.54, 1.807) is 18.2 Å². The minimum Gasteiger partial charge on any atom is -0.488 e. The fourth-order valence-corrected chi connectivity index (χ4v) is 2.31. The van der Waals surface area contributed by atoms with Crippen molar-refractivity contribution in [2.24, 2.45) is 0 Å². The Morgan fingerprint density at radius 2 is 1.48 bits per heavy atom. The van der Waals surface area contributed by atoms with Crippen molar-refractivity contribution in [3.63, 3.8) is 0 Å². The summed E-state index contributed by atoms with van der Waals surface area (Å²) >= 11 is 0. The molecule has 0 aromatic heterocycles. The predicted octanol–water partition coefficient (Wildman–Crippen LogP) is 4.80. The average Bonchev–Trinajstić information content (AvgIpc) is 2.64. The van der Waals surface area contributed by atoms with Gasteiger partial charge in [0.1, 0.15) is 29.7 Å². The molecule has 0 saturated carbocycles. The number of amides is 1. The van der Waals surface area contributed by atoms with E-state index < -0.39 is 23.2 Å². The molecule has 3 rings (SSSR count). The summed E-state index contributed by atoms with van der Waals surface area (Å²) in [7, 11) is 0. The molecule has 0 bridgehead atoms. The Bertz CT molecular complexity index is 862. The first-order chi connectivity index (χ1) is 12.1. The molecule has 126 valence electrons. The van der Waals surface area contributed by atoms with E-state index in [1.165, 1.54) is 12.1 Å². The summed E-state index contributed by atoms with van der Waals surface area (Å²) in [5.74, 6) is -1.99. The zero-order chi connectivity index (χ0) is 17.6. The molecule has 5 heteroatoms. The van der Waals surface area contributed by atoms with Gasteiger partial charge in [-0.1, -0.05) is 48.5 Å². The molecule has 0 unspecified atom stereocenters. The highest BCUT2D eigenvalue weighted by Crippen LogP contribution is 2.23. The van der Waals surface area contributed by atoms with Crippen LogP contribution in [0.15, 0.2) is 72.8 Å². The third-order valence-electron chi connectivity index (χ3n) is 3.57. The predicted molar refractivity (Wildman–Crippen MR) is 91.5 cm³/mol. The summed E-state index contributed by atoms with van der Waals surface area (Å²) in [6.07, 6.45) is 0. The summed E-state index contributed by atoms with van der Waals surface area (Å²) in [6, 6.07) is 19.4. The fourth-order valence-electron chi connectivity index (χ4n) is 2.31. The van der Waals surface area contributed by atoms with Gasteiger partial charge in [0, 0.05) is 0 Å². The van der Waals surface area contributed by atoms with E-state index in [-0.39, 0.29) is 12.2 Å². The van der Waals surface area contributed by atoms with Crippen molar-refractivity contribution in [1.29, 1.82) is 0 Å². The van der Waals surface area contributed by atoms with Gasteiger partial charge in [0.15, 0.2) is 0 Å². The Hall–Kier alpha value is -3.21. The number of nitrogens with one attached hydrogen (secondary N) is 1. The van der Waals surface area contributed by atoms with Crippen LogP contribution in [0.2, 0.25) is 0 Å². The standard InChI is InChI=1S/C20H15F2NO2/c21-16-10-6-11-17(22)19(16)23-20(24)15-9-4-5-12-18(15)25-13-14-7-2-1-3-8-14/h1-12H,13H2,(H,23,24). The quantitative estimate of drug-likeness (QED) is 0.725. The van der Waals surface area contributed by atoms with E-state index in [1.807, 2.05) is 30.3 Å². The molecular weight excluding hydrogens is 324 g/mol. The number of anilines is 1. The lowest BCUT2D eigenvalue weighted by Gasteiger charge is -2.12. The summed E-state index contributed by atoms with van der Waals surface area (Å²) in [6.45, 7) is 0.277. The first-order valence-corrected chi connectivity index (χ1v) is 7.66. The number of hydrogen-bond acceptors (Lipinski definition) is 2. The molecule has 0 atom stereocenters.